The minimum atomic E-state index is -5.08. The first-order chi connectivity index (χ1) is 14.2. The lowest BCUT2D eigenvalue weighted by atomic mass is 9.95. The van der Waals surface area contributed by atoms with Crippen LogP contribution in [0.15, 0.2) is 22.7 Å². The largest absolute Gasteiger partial charge is 0.490 e. The van der Waals surface area contributed by atoms with Crippen molar-refractivity contribution in [2.24, 2.45) is 5.92 Å². The molecule has 10 heteroatoms. The number of carboxylic acids is 1. The number of halogens is 3. The highest BCUT2D eigenvalue weighted by Crippen LogP contribution is 2.33. The molecule has 0 spiro atoms. The fourth-order valence-electron chi connectivity index (χ4n) is 3.54. The van der Waals surface area contributed by atoms with Gasteiger partial charge in [-0.05, 0) is 37.8 Å². The molecule has 1 aliphatic heterocycles. The summed E-state index contributed by atoms with van der Waals surface area (Å²) in [6.45, 7) is 6.54. The van der Waals surface area contributed by atoms with E-state index < -0.39 is 12.1 Å². The van der Waals surface area contributed by atoms with Crippen LogP contribution >= 0.6 is 0 Å². The van der Waals surface area contributed by atoms with Crippen molar-refractivity contribution in [1.82, 2.24) is 14.7 Å². The standard InChI is InChI=1S/C18H25N3O2.C2HF3O2/c1-13-3-6-16(23-13)9-20-8-15(12-22-2)17-10-21(7-14-4-5-14)19-18(17)11-20;3-2(4,5)1(6)7/h3,6,10,14-15H,4-5,7-9,11-12H2,1-2H3;(H,6,7). The number of aryl methyl sites for hydroxylation is 1. The number of alkyl halides is 3. The van der Waals surface area contributed by atoms with Gasteiger partial charge in [-0.25, -0.2) is 4.79 Å². The molecule has 30 heavy (non-hydrogen) atoms. The van der Waals surface area contributed by atoms with Gasteiger partial charge in [-0.2, -0.15) is 18.3 Å². The molecule has 0 aromatic carbocycles. The average molecular weight is 429 g/mol. The molecular weight excluding hydrogens is 403 g/mol. The van der Waals surface area contributed by atoms with Crippen LogP contribution in [0.3, 0.4) is 0 Å². The van der Waals surface area contributed by atoms with E-state index in [0.717, 1.165) is 50.2 Å². The molecular formula is C20H26F3N3O4. The summed E-state index contributed by atoms with van der Waals surface area (Å²) in [7, 11) is 1.78. The fraction of sp³-hybridized carbons (Fsp3) is 0.600. The number of ether oxygens (including phenoxy) is 1. The molecule has 1 unspecified atom stereocenters. The van der Waals surface area contributed by atoms with Crippen LogP contribution in [0.4, 0.5) is 13.2 Å². The second-order valence-electron chi connectivity index (χ2n) is 7.83. The van der Waals surface area contributed by atoms with Gasteiger partial charge in [-0.3, -0.25) is 9.58 Å². The van der Waals surface area contributed by atoms with Crippen LogP contribution in [-0.4, -0.2) is 52.2 Å². The normalized spacial score (nSPS) is 19.2. The van der Waals surface area contributed by atoms with Crippen LogP contribution in [0.2, 0.25) is 0 Å². The Morgan fingerprint density at radius 3 is 2.60 bits per heavy atom. The molecule has 0 radical (unpaired) electrons. The number of carboxylic acid groups (broad SMARTS) is 1. The monoisotopic (exact) mass is 429 g/mol. The smallest absolute Gasteiger partial charge is 0.475 e. The maximum absolute atomic E-state index is 10.6. The summed E-state index contributed by atoms with van der Waals surface area (Å²) in [5.41, 5.74) is 2.58. The summed E-state index contributed by atoms with van der Waals surface area (Å²) in [5.74, 6) is 0.485. The summed E-state index contributed by atoms with van der Waals surface area (Å²) >= 11 is 0. The molecule has 2 aromatic heterocycles. The molecule has 166 valence electrons. The lowest BCUT2D eigenvalue weighted by molar-refractivity contribution is -0.192. The van der Waals surface area contributed by atoms with E-state index in [4.69, 9.17) is 24.2 Å². The molecule has 3 heterocycles. The summed E-state index contributed by atoms with van der Waals surface area (Å²) in [6, 6.07) is 4.10. The van der Waals surface area contributed by atoms with E-state index in [9.17, 15) is 13.2 Å². The van der Waals surface area contributed by atoms with Crippen molar-refractivity contribution < 1.29 is 32.2 Å². The molecule has 1 aliphatic carbocycles. The van der Waals surface area contributed by atoms with Gasteiger partial charge in [0.1, 0.15) is 11.5 Å². The molecule has 0 bridgehead atoms. The van der Waals surface area contributed by atoms with Gasteiger partial charge in [0.25, 0.3) is 0 Å². The SMILES string of the molecule is COCC1CN(Cc2ccc(C)o2)Cc2nn(CC3CC3)cc21.O=C(O)C(F)(F)F. The van der Waals surface area contributed by atoms with Gasteiger partial charge in [0.2, 0.25) is 0 Å². The topological polar surface area (TPSA) is 80.7 Å². The number of carbonyl (C=O) groups is 1. The van der Waals surface area contributed by atoms with Crippen LogP contribution in [-0.2, 0) is 29.2 Å². The van der Waals surface area contributed by atoms with E-state index in [0.29, 0.717) is 5.92 Å². The van der Waals surface area contributed by atoms with Gasteiger partial charge < -0.3 is 14.3 Å². The van der Waals surface area contributed by atoms with E-state index in [1.165, 1.54) is 24.1 Å². The van der Waals surface area contributed by atoms with Crippen LogP contribution in [0.25, 0.3) is 0 Å². The lowest BCUT2D eigenvalue weighted by Gasteiger charge is -2.31. The Kier molecular flexibility index (Phi) is 6.87. The lowest BCUT2D eigenvalue weighted by Crippen LogP contribution is -2.34. The number of fused-ring (bicyclic) bond motifs is 1. The van der Waals surface area contributed by atoms with Crippen LogP contribution in [0.5, 0.6) is 0 Å². The number of methoxy groups -OCH3 is 1. The molecule has 2 aliphatic rings. The van der Waals surface area contributed by atoms with Gasteiger partial charge in [-0.15, -0.1) is 0 Å². The van der Waals surface area contributed by atoms with Crippen molar-refractivity contribution in [3.8, 4) is 0 Å². The zero-order chi connectivity index (χ0) is 21.9. The minimum absolute atomic E-state index is 0.396. The highest BCUT2D eigenvalue weighted by atomic mass is 19.4. The predicted molar refractivity (Wildman–Crippen MR) is 101 cm³/mol. The van der Waals surface area contributed by atoms with Crippen LogP contribution < -0.4 is 0 Å². The molecule has 1 saturated carbocycles. The third-order valence-corrected chi connectivity index (χ3v) is 5.09. The van der Waals surface area contributed by atoms with E-state index in [1.54, 1.807) is 7.11 Å². The van der Waals surface area contributed by atoms with Crippen LogP contribution in [0.1, 0.15) is 41.5 Å². The number of nitrogens with zero attached hydrogens (tertiary/aromatic N) is 3. The second-order valence-corrected chi connectivity index (χ2v) is 7.83. The minimum Gasteiger partial charge on any atom is -0.475 e. The fourth-order valence-corrected chi connectivity index (χ4v) is 3.54. The molecule has 1 fully saturated rings. The molecule has 1 atom stereocenters. The summed E-state index contributed by atoms with van der Waals surface area (Å²) < 4.78 is 45.1. The Hall–Kier alpha value is -2.33. The van der Waals surface area contributed by atoms with Crippen molar-refractivity contribution in [1.29, 1.82) is 0 Å². The molecule has 2 aromatic rings. The van der Waals surface area contributed by atoms with Crippen molar-refractivity contribution in [2.75, 3.05) is 20.3 Å². The zero-order valence-electron chi connectivity index (χ0n) is 17.0. The average Bonchev–Trinajstić information content (AvgIpc) is 3.22. The number of hydrogen-bond donors (Lipinski definition) is 1. The zero-order valence-corrected chi connectivity index (χ0v) is 17.0. The van der Waals surface area contributed by atoms with Gasteiger partial charge >= 0.3 is 12.1 Å². The second kappa shape index (κ2) is 9.22. The molecule has 4 rings (SSSR count). The summed E-state index contributed by atoms with van der Waals surface area (Å²) in [5, 5.41) is 12.0. The third-order valence-electron chi connectivity index (χ3n) is 5.09. The van der Waals surface area contributed by atoms with Gasteiger partial charge in [0.15, 0.2) is 0 Å². The maximum atomic E-state index is 10.6. The van der Waals surface area contributed by atoms with Gasteiger partial charge in [0, 0.05) is 44.4 Å². The van der Waals surface area contributed by atoms with E-state index in [-0.39, 0.29) is 0 Å². The number of hydrogen-bond acceptors (Lipinski definition) is 5. The first-order valence-electron chi connectivity index (χ1n) is 9.78. The number of furan rings is 1. The Labute approximate surface area is 172 Å². The first kappa shape index (κ1) is 22.4. The maximum Gasteiger partial charge on any atom is 0.490 e. The number of rotatable bonds is 6. The summed E-state index contributed by atoms with van der Waals surface area (Å²) in [4.78, 5) is 11.3. The Balaban J connectivity index is 0.000000318. The summed E-state index contributed by atoms with van der Waals surface area (Å²) in [6.07, 6.45) is -0.113. The quantitative estimate of drug-likeness (QED) is 0.756. The van der Waals surface area contributed by atoms with Gasteiger partial charge in [0.05, 0.1) is 18.8 Å². The van der Waals surface area contributed by atoms with Crippen molar-refractivity contribution in [3.63, 3.8) is 0 Å². The van der Waals surface area contributed by atoms with Gasteiger partial charge in [-0.1, -0.05) is 0 Å². The predicted octanol–water partition coefficient (Wildman–Crippen LogP) is 3.57. The Bertz CT molecular complexity index is 858. The Morgan fingerprint density at radius 2 is 2.07 bits per heavy atom. The first-order valence-corrected chi connectivity index (χ1v) is 9.78. The molecule has 7 nitrogen and oxygen atoms in total. The van der Waals surface area contributed by atoms with Crippen molar-refractivity contribution >= 4 is 5.97 Å². The molecule has 0 saturated heterocycles. The van der Waals surface area contributed by atoms with Crippen LogP contribution in [0, 0.1) is 12.8 Å². The van der Waals surface area contributed by atoms with E-state index >= 15 is 0 Å². The van der Waals surface area contributed by atoms with E-state index in [2.05, 4.69) is 21.8 Å². The highest BCUT2D eigenvalue weighted by molar-refractivity contribution is 5.73. The molecule has 1 N–H and O–H groups in total. The number of aliphatic carboxylic acids is 1. The third kappa shape index (κ3) is 6.09. The van der Waals surface area contributed by atoms with E-state index in [1.807, 2.05) is 13.0 Å². The Morgan fingerprint density at radius 1 is 1.37 bits per heavy atom. The number of aromatic nitrogens is 2. The van der Waals surface area contributed by atoms with Crippen molar-refractivity contribution in [3.05, 3.63) is 41.1 Å². The highest BCUT2D eigenvalue weighted by Gasteiger charge is 2.38. The van der Waals surface area contributed by atoms with Crippen molar-refractivity contribution in [2.45, 2.75) is 51.5 Å². The molecule has 0 amide bonds.